The molecule has 0 saturated carbocycles. The van der Waals surface area contributed by atoms with E-state index in [-0.39, 0.29) is 11.6 Å². The molecule has 1 aliphatic rings. The van der Waals surface area contributed by atoms with E-state index in [0.29, 0.717) is 12.1 Å². The Morgan fingerprint density at radius 3 is 2.63 bits per heavy atom. The molecule has 6 nitrogen and oxygen atoms in total. The highest BCUT2D eigenvalue weighted by Crippen LogP contribution is 2.49. The normalized spacial score (nSPS) is 21.6. The molecular formula is C16H13F5N4O2. The van der Waals surface area contributed by atoms with Crippen LogP contribution >= 0.6 is 0 Å². The van der Waals surface area contributed by atoms with Crippen LogP contribution in [-0.2, 0) is 5.79 Å². The smallest absolute Gasteiger partial charge is 0.306 e. The van der Waals surface area contributed by atoms with Crippen LogP contribution in [0, 0.1) is 18.6 Å². The number of rotatable bonds is 3. The standard InChI is InChI=1S/C16H13F5N4O2/c1-7-23-11(6-27-7)14(26)24-8-4-9(13(18)10(17)5-8)16(21)15(19,20)3-2-12(22)25-16/h4-6H,2-3H2,1H3,(H2,22,25)(H,24,26)/t16-/m1/s1. The van der Waals surface area contributed by atoms with E-state index < -0.39 is 59.2 Å². The molecule has 1 atom stereocenters. The van der Waals surface area contributed by atoms with E-state index in [4.69, 9.17) is 10.2 Å². The number of hydrogen-bond acceptors (Lipinski definition) is 5. The van der Waals surface area contributed by atoms with Crippen molar-refractivity contribution in [2.45, 2.75) is 31.5 Å². The number of benzene rings is 1. The fourth-order valence-corrected chi connectivity index (χ4v) is 2.61. The molecule has 0 saturated heterocycles. The zero-order chi connectivity index (χ0) is 20.0. The van der Waals surface area contributed by atoms with Crippen molar-refractivity contribution < 1.29 is 31.2 Å². The van der Waals surface area contributed by atoms with Crippen LogP contribution in [0.2, 0.25) is 0 Å². The first kappa shape index (κ1) is 18.8. The van der Waals surface area contributed by atoms with Crippen LogP contribution in [0.1, 0.15) is 34.8 Å². The molecule has 27 heavy (non-hydrogen) atoms. The second-order valence-electron chi connectivity index (χ2n) is 5.96. The number of anilines is 1. The van der Waals surface area contributed by atoms with Gasteiger partial charge in [0.1, 0.15) is 6.26 Å². The van der Waals surface area contributed by atoms with E-state index in [1.807, 2.05) is 0 Å². The Labute approximate surface area is 149 Å². The molecule has 1 aliphatic heterocycles. The number of hydrogen-bond donors (Lipinski definition) is 2. The number of amidine groups is 1. The summed E-state index contributed by atoms with van der Waals surface area (Å²) in [7, 11) is 0. The van der Waals surface area contributed by atoms with Crippen molar-refractivity contribution in [2.75, 3.05) is 5.32 Å². The van der Waals surface area contributed by atoms with Gasteiger partial charge in [0.05, 0.1) is 11.4 Å². The van der Waals surface area contributed by atoms with Gasteiger partial charge in [-0.1, -0.05) is 0 Å². The minimum absolute atomic E-state index is 0.167. The van der Waals surface area contributed by atoms with Crippen molar-refractivity contribution in [2.24, 2.45) is 10.7 Å². The van der Waals surface area contributed by atoms with Gasteiger partial charge in [-0.3, -0.25) is 4.79 Å². The van der Waals surface area contributed by atoms with Crippen molar-refractivity contribution >= 4 is 17.4 Å². The number of carbonyl (C=O) groups is 1. The Morgan fingerprint density at radius 2 is 2.00 bits per heavy atom. The summed E-state index contributed by atoms with van der Waals surface area (Å²) in [6, 6.07) is 1.06. The summed E-state index contributed by atoms with van der Waals surface area (Å²) in [5.41, 5.74) is 3.29. The van der Waals surface area contributed by atoms with Gasteiger partial charge in [0, 0.05) is 31.5 Å². The van der Waals surface area contributed by atoms with E-state index in [9.17, 15) is 22.4 Å². The fraction of sp³-hybridized carbons (Fsp3) is 0.312. The number of nitrogens with two attached hydrogens (primary N) is 1. The Hall–Kier alpha value is -2.98. The number of carbonyl (C=O) groups excluding carboxylic acids is 1. The Bertz CT molecular complexity index is 943. The van der Waals surface area contributed by atoms with Crippen molar-refractivity contribution in [1.82, 2.24) is 4.98 Å². The highest BCUT2D eigenvalue weighted by Gasteiger charge is 2.59. The van der Waals surface area contributed by atoms with Crippen LogP contribution in [-0.4, -0.2) is 22.6 Å². The SMILES string of the molecule is Cc1nc(C(=O)Nc2cc(F)c(F)c([C@@]3(F)N=C(N)CCC3(F)F)c2)co1. The van der Waals surface area contributed by atoms with Crippen molar-refractivity contribution in [3.63, 3.8) is 0 Å². The lowest BCUT2D eigenvalue weighted by Crippen LogP contribution is -2.46. The number of oxazole rings is 1. The second-order valence-corrected chi connectivity index (χ2v) is 5.96. The zero-order valence-electron chi connectivity index (χ0n) is 13.8. The van der Waals surface area contributed by atoms with Crippen LogP contribution in [0.4, 0.5) is 27.6 Å². The van der Waals surface area contributed by atoms with E-state index in [1.54, 1.807) is 0 Å². The van der Waals surface area contributed by atoms with Gasteiger partial charge in [-0.25, -0.2) is 31.9 Å². The fourth-order valence-electron chi connectivity index (χ4n) is 2.61. The predicted octanol–water partition coefficient (Wildman–Crippen LogP) is 3.42. The lowest BCUT2D eigenvalue weighted by atomic mass is 9.91. The number of aromatic nitrogens is 1. The first-order valence-electron chi connectivity index (χ1n) is 7.67. The summed E-state index contributed by atoms with van der Waals surface area (Å²) in [6.07, 6.45) is -0.429. The van der Waals surface area contributed by atoms with E-state index in [1.165, 1.54) is 6.92 Å². The summed E-state index contributed by atoms with van der Waals surface area (Å²) in [4.78, 5) is 18.8. The second kappa shape index (κ2) is 6.32. The molecule has 0 aliphatic carbocycles. The van der Waals surface area contributed by atoms with Gasteiger partial charge in [-0.05, 0) is 6.07 Å². The number of aryl methyl sites for hydroxylation is 1. The van der Waals surface area contributed by atoms with Gasteiger partial charge < -0.3 is 15.5 Å². The molecule has 1 aromatic heterocycles. The van der Waals surface area contributed by atoms with E-state index >= 15 is 4.39 Å². The van der Waals surface area contributed by atoms with Gasteiger partial charge in [0.2, 0.25) is 0 Å². The number of nitrogens with zero attached hydrogens (tertiary/aromatic N) is 2. The average Bonchev–Trinajstić information content (AvgIpc) is 3.01. The maximum atomic E-state index is 15.1. The molecule has 11 heteroatoms. The molecule has 3 N–H and O–H groups in total. The number of nitrogens with one attached hydrogen (secondary N) is 1. The van der Waals surface area contributed by atoms with Crippen LogP contribution in [0.3, 0.4) is 0 Å². The van der Waals surface area contributed by atoms with Crippen LogP contribution in [0.15, 0.2) is 27.8 Å². The molecule has 0 spiro atoms. The lowest BCUT2D eigenvalue weighted by molar-refractivity contribution is -0.149. The maximum Gasteiger partial charge on any atom is 0.306 e. The lowest BCUT2D eigenvalue weighted by Gasteiger charge is -2.34. The molecule has 1 amide bonds. The van der Waals surface area contributed by atoms with Gasteiger partial charge in [0.25, 0.3) is 11.7 Å². The maximum absolute atomic E-state index is 15.1. The van der Waals surface area contributed by atoms with E-state index in [0.717, 1.165) is 6.26 Å². The molecule has 1 aromatic carbocycles. The van der Waals surface area contributed by atoms with Gasteiger partial charge in [0.15, 0.2) is 23.2 Å². The predicted molar refractivity (Wildman–Crippen MR) is 84.1 cm³/mol. The van der Waals surface area contributed by atoms with Crippen LogP contribution < -0.4 is 11.1 Å². The molecule has 0 bridgehead atoms. The highest BCUT2D eigenvalue weighted by molar-refractivity contribution is 6.02. The van der Waals surface area contributed by atoms with Crippen molar-refractivity contribution in [3.8, 4) is 0 Å². The summed E-state index contributed by atoms with van der Waals surface area (Å²) in [5.74, 6) is -12.7. The monoisotopic (exact) mass is 388 g/mol. The molecule has 2 heterocycles. The third kappa shape index (κ3) is 3.24. The molecule has 3 rings (SSSR count). The van der Waals surface area contributed by atoms with Crippen molar-refractivity contribution in [3.05, 3.63) is 47.2 Å². The molecule has 2 aromatic rings. The number of halogens is 5. The summed E-state index contributed by atoms with van der Waals surface area (Å²) in [6.45, 7) is 1.47. The zero-order valence-corrected chi connectivity index (χ0v) is 13.8. The third-order valence-corrected chi connectivity index (χ3v) is 3.97. The molecule has 0 unspecified atom stereocenters. The molecule has 0 fully saturated rings. The third-order valence-electron chi connectivity index (χ3n) is 3.97. The van der Waals surface area contributed by atoms with Crippen LogP contribution in [0.25, 0.3) is 0 Å². The van der Waals surface area contributed by atoms with E-state index in [2.05, 4.69) is 15.3 Å². The summed E-state index contributed by atoms with van der Waals surface area (Å²) < 4.78 is 76.3. The Morgan fingerprint density at radius 1 is 1.30 bits per heavy atom. The minimum atomic E-state index is -4.13. The molecule has 144 valence electrons. The number of amides is 1. The summed E-state index contributed by atoms with van der Waals surface area (Å²) in [5, 5.41) is 2.12. The Balaban J connectivity index is 2.04. The number of aliphatic imine (C=N–C) groups is 1. The quantitative estimate of drug-likeness (QED) is 0.622. The minimum Gasteiger partial charge on any atom is -0.448 e. The molecule has 0 radical (unpaired) electrons. The first-order chi connectivity index (χ1) is 12.5. The topological polar surface area (TPSA) is 93.5 Å². The van der Waals surface area contributed by atoms with Gasteiger partial charge in [-0.2, -0.15) is 0 Å². The molecular weight excluding hydrogens is 375 g/mol. The van der Waals surface area contributed by atoms with Crippen molar-refractivity contribution in [1.29, 1.82) is 0 Å². The summed E-state index contributed by atoms with van der Waals surface area (Å²) >= 11 is 0. The van der Waals surface area contributed by atoms with Gasteiger partial charge in [-0.15, -0.1) is 0 Å². The highest BCUT2D eigenvalue weighted by atomic mass is 19.3. The Kier molecular flexibility index (Phi) is 4.40. The number of alkyl halides is 3. The average molecular weight is 388 g/mol. The largest absolute Gasteiger partial charge is 0.448 e. The first-order valence-corrected chi connectivity index (χ1v) is 7.67. The van der Waals surface area contributed by atoms with Gasteiger partial charge >= 0.3 is 5.92 Å². The van der Waals surface area contributed by atoms with Crippen LogP contribution in [0.5, 0.6) is 0 Å².